The van der Waals surface area contributed by atoms with Gasteiger partial charge in [0.15, 0.2) is 6.10 Å². The molecule has 0 bridgehead atoms. The molecule has 11 heteroatoms. The lowest BCUT2D eigenvalue weighted by Gasteiger charge is -2.40. The molecule has 5 atom stereocenters. The zero-order valence-electron chi connectivity index (χ0n) is 31.1. The number of rotatable bonds is 7. The highest BCUT2D eigenvalue weighted by Crippen LogP contribution is 2.47. The summed E-state index contributed by atoms with van der Waals surface area (Å²) in [5.74, 6) is -2.52. The van der Waals surface area contributed by atoms with Crippen LogP contribution in [0.4, 0.5) is 9.59 Å². The van der Waals surface area contributed by atoms with Crippen LogP contribution in [0.3, 0.4) is 0 Å². The van der Waals surface area contributed by atoms with Crippen LogP contribution in [0.5, 0.6) is 0 Å². The lowest BCUT2D eigenvalue weighted by atomic mass is 9.79. The molecule has 3 aliphatic carbocycles. The number of carbonyl (C=O) groups excluding carboxylic acids is 4. The van der Waals surface area contributed by atoms with Gasteiger partial charge in [-0.05, 0) is 77.2 Å². The number of hydrogen-bond acceptors (Lipinski definition) is 9. The van der Waals surface area contributed by atoms with Gasteiger partial charge in [-0.25, -0.2) is 9.59 Å². The van der Waals surface area contributed by atoms with E-state index in [1.807, 2.05) is 32.1 Å². The molecular weight excluding hydrogens is 650 g/mol. The van der Waals surface area contributed by atoms with Gasteiger partial charge in [-0.3, -0.25) is 14.5 Å². The van der Waals surface area contributed by atoms with Gasteiger partial charge >= 0.3 is 12.2 Å². The molecule has 51 heavy (non-hydrogen) atoms. The molecule has 4 fully saturated rings. The van der Waals surface area contributed by atoms with Gasteiger partial charge in [-0.15, -0.1) is 0 Å². The molecule has 2 saturated carbocycles. The fourth-order valence-electron chi connectivity index (χ4n) is 8.11. The van der Waals surface area contributed by atoms with Crippen LogP contribution in [0.2, 0.25) is 0 Å². The predicted octanol–water partition coefficient (Wildman–Crippen LogP) is 5.59. The Labute approximate surface area is 304 Å². The third kappa shape index (κ3) is 10.8. The van der Waals surface area contributed by atoms with Crippen LogP contribution < -0.4 is 0 Å². The van der Waals surface area contributed by atoms with Crippen LogP contribution in [0.15, 0.2) is 36.0 Å². The highest BCUT2D eigenvalue weighted by Gasteiger charge is 2.42. The number of nitrogens with zero attached hydrogens (tertiary/aromatic N) is 3. The maximum Gasteiger partial charge on any atom is 0.410 e. The molecule has 2 heterocycles. The summed E-state index contributed by atoms with van der Waals surface area (Å²) < 4.78 is 11.6. The molecule has 0 aromatic carbocycles. The monoisotopic (exact) mass is 711 g/mol. The van der Waals surface area contributed by atoms with Gasteiger partial charge in [0.2, 0.25) is 11.6 Å². The summed E-state index contributed by atoms with van der Waals surface area (Å²) in [5.41, 5.74) is -1.06. The van der Waals surface area contributed by atoms with Crippen molar-refractivity contribution < 1.29 is 38.9 Å². The summed E-state index contributed by atoms with van der Waals surface area (Å²) in [4.78, 5) is 58.6. The van der Waals surface area contributed by atoms with Crippen molar-refractivity contribution in [2.24, 2.45) is 17.3 Å². The first kappa shape index (κ1) is 39.2. The van der Waals surface area contributed by atoms with Gasteiger partial charge in [0.05, 0.1) is 12.0 Å². The quantitative estimate of drug-likeness (QED) is 0.150. The van der Waals surface area contributed by atoms with Gasteiger partial charge in [0.25, 0.3) is 0 Å². The molecule has 284 valence electrons. The molecule has 2 aliphatic heterocycles. The van der Waals surface area contributed by atoms with E-state index in [1.54, 1.807) is 28.9 Å². The Kier molecular flexibility index (Phi) is 13.6. The standard InChI is InChI=1S/C40H61N3O8/c1-29(11-10-17-40(19-20-40)28-50-37(47)42-21-8-9-22-42)35-30(2)14-15-34(39(3,49)18-16-32(44)27-33(45)36(35)46)51-38(48)43-25-23-41(24-26-43)31-12-6-4-5-7-13-31/h10-11,14-15,17,30-32,34-35,44,49H,4-9,12-13,16,18-28H2,1-3H3/b15-14+,17-10+,29-11+/t30-,32+,34+,35+,39+/m0/s1. The first-order valence-electron chi connectivity index (χ1n) is 19.5. The number of hydrogen-bond donors (Lipinski definition) is 2. The highest BCUT2D eigenvalue weighted by atomic mass is 16.6. The highest BCUT2D eigenvalue weighted by molar-refractivity contribution is 6.38. The van der Waals surface area contributed by atoms with E-state index in [9.17, 15) is 29.4 Å². The zero-order valence-corrected chi connectivity index (χ0v) is 31.1. The second-order valence-corrected chi connectivity index (χ2v) is 16.1. The van der Waals surface area contributed by atoms with Gasteiger partial charge < -0.3 is 29.5 Å². The second kappa shape index (κ2) is 17.7. The minimum absolute atomic E-state index is 0.0656. The first-order valence-corrected chi connectivity index (χ1v) is 19.5. The largest absolute Gasteiger partial charge is 0.448 e. The molecule has 2 N–H and O–H groups in total. The molecule has 5 aliphatic rings. The fourth-order valence-corrected chi connectivity index (χ4v) is 8.11. The van der Waals surface area contributed by atoms with E-state index in [4.69, 9.17) is 9.47 Å². The van der Waals surface area contributed by atoms with E-state index in [2.05, 4.69) is 4.90 Å². The lowest BCUT2D eigenvalue weighted by Crippen LogP contribution is -2.53. The molecule has 0 spiro atoms. The summed E-state index contributed by atoms with van der Waals surface area (Å²) in [6.07, 6.45) is 17.3. The number of likely N-dealkylation sites (tertiary alicyclic amines) is 1. The Bertz CT molecular complexity index is 1310. The SMILES string of the molecule is C/C(=C\C=C\C1(COC(=O)N2CCCC2)CC1)[C@H]1C(=O)C(=O)C[C@H](O)CC[C@@](C)(O)[C@H](OC(=O)N2CCN(C3CCCCCC3)CC2)/C=C/[C@@H]1C. The van der Waals surface area contributed by atoms with E-state index in [0.717, 1.165) is 51.9 Å². The minimum atomic E-state index is -1.51. The molecule has 5 rings (SSSR count). The van der Waals surface area contributed by atoms with E-state index >= 15 is 0 Å². The molecule has 0 aromatic rings. The zero-order chi connectivity index (χ0) is 36.6. The molecule has 0 unspecified atom stereocenters. The maximum absolute atomic E-state index is 13.6. The first-order chi connectivity index (χ1) is 24.4. The van der Waals surface area contributed by atoms with Gasteiger partial charge in [0.1, 0.15) is 12.2 Å². The number of carbonyl (C=O) groups is 4. The van der Waals surface area contributed by atoms with Crippen LogP contribution in [-0.4, -0.2) is 118 Å². The van der Waals surface area contributed by atoms with E-state index in [-0.39, 0.29) is 30.8 Å². The van der Waals surface area contributed by atoms with E-state index in [0.29, 0.717) is 31.3 Å². The number of allylic oxidation sites excluding steroid dienone is 4. The summed E-state index contributed by atoms with van der Waals surface area (Å²) in [7, 11) is 0. The van der Waals surface area contributed by atoms with Crippen molar-refractivity contribution in [3.63, 3.8) is 0 Å². The Hall–Kier alpha value is -3.02. The number of aliphatic hydroxyl groups is 2. The van der Waals surface area contributed by atoms with Crippen LogP contribution >= 0.6 is 0 Å². The Morgan fingerprint density at radius 2 is 1.53 bits per heavy atom. The van der Waals surface area contributed by atoms with Crippen molar-refractivity contribution >= 4 is 23.8 Å². The summed E-state index contributed by atoms with van der Waals surface area (Å²) in [6, 6.07) is 0.572. The third-order valence-electron chi connectivity index (χ3n) is 11.9. The summed E-state index contributed by atoms with van der Waals surface area (Å²) in [6.45, 7) is 9.70. The van der Waals surface area contributed by atoms with Crippen molar-refractivity contribution in [1.82, 2.24) is 14.7 Å². The average molecular weight is 712 g/mol. The Morgan fingerprint density at radius 3 is 2.18 bits per heavy atom. The van der Waals surface area contributed by atoms with Crippen LogP contribution in [0, 0.1) is 17.3 Å². The van der Waals surface area contributed by atoms with Crippen LogP contribution in [-0.2, 0) is 19.1 Å². The van der Waals surface area contributed by atoms with Crippen LogP contribution in [0.1, 0.15) is 104 Å². The number of aliphatic hydroxyl groups excluding tert-OH is 1. The molecule has 2 amide bonds. The molecule has 0 radical (unpaired) electrons. The molecule has 11 nitrogen and oxygen atoms in total. The number of Topliss-reactive ketones (excluding diaryl/α,β-unsaturated/α-hetero) is 2. The summed E-state index contributed by atoms with van der Waals surface area (Å²) in [5, 5.41) is 22.3. The van der Waals surface area contributed by atoms with Crippen molar-refractivity contribution in [2.75, 3.05) is 45.9 Å². The fraction of sp³-hybridized carbons (Fsp3) is 0.750. The smallest absolute Gasteiger partial charge is 0.410 e. The molecule has 2 saturated heterocycles. The number of amides is 2. The van der Waals surface area contributed by atoms with E-state index < -0.39 is 47.3 Å². The molecular formula is C40H61N3O8. The number of piperazine rings is 1. The maximum atomic E-state index is 13.6. The summed E-state index contributed by atoms with van der Waals surface area (Å²) >= 11 is 0. The van der Waals surface area contributed by atoms with Crippen LogP contribution in [0.25, 0.3) is 0 Å². The van der Waals surface area contributed by atoms with Crippen molar-refractivity contribution in [1.29, 1.82) is 0 Å². The topological polar surface area (TPSA) is 137 Å². The third-order valence-corrected chi connectivity index (χ3v) is 11.9. The normalized spacial score (nSPS) is 32.6. The van der Waals surface area contributed by atoms with Crippen molar-refractivity contribution in [3.05, 3.63) is 36.0 Å². The van der Waals surface area contributed by atoms with Gasteiger partial charge in [-0.1, -0.05) is 62.5 Å². The number of ketones is 2. The minimum Gasteiger partial charge on any atom is -0.448 e. The lowest BCUT2D eigenvalue weighted by molar-refractivity contribution is -0.140. The van der Waals surface area contributed by atoms with Gasteiger partial charge in [0, 0.05) is 57.1 Å². The second-order valence-electron chi connectivity index (χ2n) is 16.1. The van der Waals surface area contributed by atoms with Crippen molar-refractivity contribution in [3.8, 4) is 0 Å². The average Bonchev–Trinajstić information content (AvgIpc) is 3.76. The Balaban J connectivity index is 1.25. The molecule has 0 aromatic heterocycles. The Morgan fingerprint density at radius 1 is 0.882 bits per heavy atom. The van der Waals surface area contributed by atoms with Gasteiger partial charge in [-0.2, -0.15) is 0 Å². The van der Waals surface area contributed by atoms with E-state index in [1.165, 1.54) is 38.5 Å². The predicted molar refractivity (Wildman–Crippen MR) is 194 cm³/mol. The van der Waals surface area contributed by atoms with Crippen molar-refractivity contribution in [2.45, 2.75) is 128 Å². The number of ether oxygens (including phenoxy) is 2.